The first-order valence-corrected chi connectivity index (χ1v) is 6.75. The third-order valence-electron chi connectivity index (χ3n) is 3.16. The third-order valence-corrected chi connectivity index (χ3v) is 4.26. The topological polar surface area (TPSA) is 52.6 Å². The fourth-order valence-corrected chi connectivity index (χ4v) is 3.08. The highest BCUT2D eigenvalue weighted by atomic mass is 32.1. The van der Waals surface area contributed by atoms with Gasteiger partial charge in [-0.05, 0) is 25.5 Å². The first-order chi connectivity index (χ1) is 8.61. The van der Waals surface area contributed by atoms with E-state index < -0.39 is 0 Å². The van der Waals surface area contributed by atoms with E-state index in [1.54, 1.807) is 6.07 Å². The second-order valence-electron chi connectivity index (χ2n) is 4.35. The van der Waals surface area contributed by atoms with E-state index in [-0.39, 0.29) is 30.2 Å². The zero-order valence-electron chi connectivity index (χ0n) is 10.5. The Labute approximate surface area is 110 Å². The Morgan fingerprint density at radius 2 is 2.28 bits per heavy atom. The molecule has 18 heavy (non-hydrogen) atoms. The lowest BCUT2D eigenvalue weighted by Crippen LogP contribution is -2.20. The van der Waals surface area contributed by atoms with Crippen molar-refractivity contribution in [3.8, 4) is 0 Å². The Kier molecular flexibility index (Phi) is 4.14. The van der Waals surface area contributed by atoms with Gasteiger partial charge in [0, 0.05) is 11.5 Å². The molecule has 1 aromatic heterocycles. The molecule has 98 valence electrons. The Morgan fingerprint density at radius 1 is 1.50 bits per heavy atom. The molecule has 0 spiro atoms. The van der Waals surface area contributed by atoms with Crippen LogP contribution in [-0.2, 0) is 20.7 Å². The number of hydrogen-bond donors (Lipinski definition) is 0. The molecule has 1 fully saturated rings. The Morgan fingerprint density at radius 3 is 2.89 bits per heavy atom. The SMILES string of the molecule is COC(=O)Cc1ccc(C(=O)C2CCOC2C)s1. The lowest BCUT2D eigenvalue weighted by molar-refractivity contribution is -0.139. The number of rotatable bonds is 4. The van der Waals surface area contributed by atoms with Crippen molar-refractivity contribution >= 4 is 23.1 Å². The molecule has 1 aliphatic heterocycles. The van der Waals surface area contributed by atoms with E-state index in [4.69, 9.17) is 4.74 Å². The summed E-state index contributed by atoms with van der Waals surface area (Å²) in [6.45, 7) is 2.58. The maximum Gasteiger partial charge on any atom is 0.310 e. The quantitative estimate of drug-likeness (QED) is 0.619. The van der Waals surface area contributed by atoms with Gasteiger partial charge in [-0.25, -0.2) is 0 Å². The van der Waals surface area contributed by atoms with Crippen molar-refractivity contribution in [3.63, 3.8) is 0 Å². The Hall–Kier alpha value is -1.20. The van der Waals surface area contributed by atoms with Crippen LogP contribution in [0.25, 0.3) is 0 Å². The van der Waals surface area contributed by atoms with Crippen molar-refractivity contribution in [2.75, 3.05) is 13.7 Å². The van der Waals surface area contributed by atoms with E-state index in [2.05, 4.69) is 4.74 Å². The largest absolute Gasteiger partial charge is 0.469 e. The zero-order chi connectivity index (χ0) is 13.1. The molecule has 1 aromatic rings. The molecule has 0 aromatic carbocycles. The number of ketones is 1. The number of carbonyl (C=O) groups excluding carboxylic acids is 2. The number of thiophene rings is 1. The summed E-state index contributed by atoms with van der Waals surface area (Å²) in [4.78, 5) is 25.0. The summed E-state index contributed by atoms with van der Waals surface area (Å²) in [6.07, 6.45) is 0.999. The molecule has 0 N–H and O–H groups in total. The summed E-state index contributed by atoms with van der Waals surface area (Å²) in [5, 5.41) is 0. The summed E-state index contributed by atoms with van der Waals surface area (Å²) in [5.74, 6) is -0.204. The monoisotopic (exact) mass is 268 g/mol. The average molecular weight is 268 g/mol. The van der Waals surface area contributed by atoms with Crippen LogP contribution in [0.1, 0.15) is 27.9 Å². The van der Waals surface area contributed by atoms with Crippen LogP contribution in [0, 0.1) is 5.92 Å². The lowest BCUT2D eigenvalue weighted by Gasteiger charge is -2.10. The fourth-order valence-electron chi connectivity index (χ4n) is 2.08. The van der Waals surface area contributed by atoms with E-state index in [0.717, 1.165) is 11.3 Å². The highest BCUT2D eigenvalue weighted by Gasteiger charge is 2.32. The highest BCUT2D eigenvalue weighted by molar-refractivity contribution is 7.14. The van der Waals surface area contributed by atoms with Gasteiger partial charge < -0.3 is 9.47 Å². The molecular formula is C13H16O4S. The minimum Gasteiger partial charge on any atom is -0.469 e. The molecule has 0 saturated carbocycles. The molecule has 2 atom stereocenters. The summed E-state index contributed by atoms with van der Waals surface area (Å²) in [7, 11) is 1.36. The van der Waals surface area contributed by atoms with Gasteiger partial charge in [-0.1, -0.05) is 0 Å². The van der Waals surface area contributed by atoms with Crippen LogP contribution in [0.2, 0.25) is 0 Å². The van der Waals surface area contributed by atoms with Crippen LogP contribution >= 0.6 is 11.3 Å². The predicted molar refractivity (Wildman–Crippen MR) is 67.9 cm³/mol. The van der Waals surface area contributed by atoms with Crippen LogP contribution in [0.4, 0.5) is 0 Å². The van der Waals surface area contributed by atoms with Crippen LogP contribution in [0.15, 0.2) is 12.1 Å². The molecule has 0 amide bonds. The first-order valence-electron chi connectivity index (χ1n) is 5.93. The van der Waals surface area contributed by atoms with Crippen molar-refractivity contribution in [1.82, 2.24) is 0 Å². The second kappa shape index (κ2) is 5.63. The number of esters is 1. The predicted octanol–water partition coefficient (Wildman–Crippen LogP) is 2.07. The minimum absolute atomic E-state index is 0.0105. The zero-order valence-corrected chi connectivity index (χ0v) is 11.3. The number of ether oxygens (including phenoxy) is 2. The molecule has 2 rings (SSSR count). The summed E-state index contributed by atoms with van der Waals surface area (Å²) in [5.41, 5.74) is 0. The van der Waals surface area contributed by atoms with Gasteiger partial charge in [0.05, 0.1) is 30.4 Å². The molecule has 4 nitrogen and oxygen atoms in total. The molecule has 0 aliphatic carbocycles. The minimum atomic E-state index is -0.284. The number of Topliss-reactive ketones (excluding diaryl/α,β-unsaturated/α-hetero) is 1. The van der Waals surface area contributed by atoms with E-state index in [1.807, 2.05) is 13.0 Å². The van der Waals surface area contributed by atoms with Crippen molar-refractivity contribution < 1.29 is 19.1 Å². The smallest absolute Gasteiger partial charge is 0.310 e. The normalized spacial score (nSPS) is 23.0. The van der Waals surface area contributed by atoms with Gasteiger partial charge in [0.2, 0.25) is 0 Å². The maximum atomic E-state index is 12.2. The Balaban J connectivity index is 2.05. The summed E-state index contributed by atoms with van der Waals surface area (Å²) >= 11 is 1.37. The maximum absolute atomic E-state index is 12.2. The van der Waals surface area contributed by atoms with Gasteiger partial charge in [0.25, 0.3) is 0 Å². The summed E-state index contributed by atoms with van der Waals surface area (Å²) in [6, 6.07) is 3.60. The average Bonchev–Trinajstić information content (AvgIpc) is 2.97. The van der Waals surface area contributed by atoms with Gasteiger partial charge in [-0.2, -0.15) is 0 Å². The standard InChI is InChI=1S/C13H16O4S/c1-8-10(5-6-17-8)13(15)11-4-3-9(18-11)7-12(14)16-2/h3-4,8,10H,5-7H2,1-2H3. The van der Waals surface area contributed by atoms with Gasteiger partial charge in [-0.3, -0.25) is 9.59 Å². The van der Waals surface area contributed by atoms with E-state index in [1.165, 1.54) is 18.4 Å². The number of carbonyl (C=O) groups is 2. The molecule has 2 unspecified atom stereocenters. The molecular weight excluding hydrogens is 252 g/mol. The van der Waals surface area contributed by atoms with E-state index in [9.17, 15) is 9.59 Å². The second-order valence-corrected chi connectivity index (χ2v) is 5.52. The Bertz CT molecular complexity index is 452. The van der Waals surface area contributed by atoms with Crippen LogP contribution < -0.4 is 0 Å². The molecule has 1 aliphatic rings. The van der Waals surface area contributed by atoms with Crippen molar-refractivity contribution in [1.29, 1.82) is 0 Å². The van der Waals surface area contributed by atoms with Crippen molar-refractivity contribution in [2.24, 2.45) is 5.92 Å². The lowest BCUT2D eigenvalue weighted by atomic mass is 9.96. The van der Waals surface area contributed by atoms with E-state index in [0.29, 0.717) is 11.5 Å². The first kappa shape index (κ1) is 13.2. The number of methoxy groups -OCH3 is 1. The van der Waals surface area contributed by atoms with Crippen molar-refractivity contribution in [2.45, 2.75) is 25.9 Å². The van der Waals surface area contributed by atoms with Gasteiger partial charge in [0.15, 0.2) is 5.78 Å². The molecule has 5 heteroatoms. The van der Waals surface area contributed by atoms with Crippen LogP contribution in [-0.4, -0.2) is 31.6 Å². The highest BCUT2D eigenvalue weighted by Crippen LogP contribution is 2.28. The van der Waals surface area contributed by atoms with E-state index >= 15 is 0 Å². The molecule has 0 radical (unpaired) electrons. The van der Waals surface area contributed by atoms with Crippen LogP contribution in [0.5, 0.6) is 0 Å². The van der Waals surface area contributed by atoms with Gasteiger partial charge in [0.1, 0.15) is 0 Å². The van der Waals surface area contributed by atoms with Gasteiger partial charge in [-0.15, -0.1) is 11.3 Å². The molecule has 1 saturated heterocycles. The van der Waals surface area contributed by atoms with Gasteiger partial charge >= 0.3 is 5.97 Å². The van der Waals surface area contributed by atoms with Crippen LogP contribution in [0.3, 0.4) is 0 Å². The fraction of sp³-hybridized carbons (Fsp3) is 0.538. The molecule has 2 heterocycles. The summed E-state index contributed by atoms with van der Waals surface area (Å²) < 4.78 is 10.0. The molecule has 0 bridgehead atoms. The number of hydrogen-bond acceptors (Lipinski definition) is 5. The third kappa shape index (κ3) is 2.79. The van der Waals surface area contributed by atoms with Crippen molar-refractivity contribution in [3.05, 3.63) is 21.9 Å².